The second-order valence-corrected chi connectivity index (χ2v) is 6.74. The van der Waals surface area contributed by atoms with E-state index in [-0.39, 0.29) is 4.75 Å². The predicted molar refractivity (Wildman–Crippen MR) is 74.3 cm³/mol. The standard InChI is InChI=1S/C15H20OS/c1-12(2)11-14(3,16)15(9-10-15)17-13-7-5-4-6-8-13/h4-8,11,16H,9-10H2,1-3H3/t14-/m0/s1. The van der Waals surface area contributed by atoms with E-state index in [9.17, 15) is 5.11 Å². The smallest absolute Gasteiger partial charge is 0.0951 e. The first kappa shape index (κ1) is 12.7. The van der Waals surface area contributed by atoms with Gasteiger partial charge in [-0.3, -0.25) is 0 Å². The van der Waals surface area contributed by atoms with Crippen molar-refractivity contribution in [1.29, 1.82) is 0 Å². The molecule has 0 saturated heterocycles. The summed E-state index contributed by atoms with van der Waals surface area (Å²) in [4.78, 5) is 1.24. The highest BCUT2D eigenvalue weighted by molar-refractivity contribution is 8.01. The predicted octanol–water partition coefficient (Wildman–Crippen LogP) is 4.03. The van der Waals surface area contributed by atoms with Gasteiger partial charge in [0.15, 0.2) is 0 Å². The molecule has 1 atom stereocenters. The summed E-state index contributed by atoms with van der Waals surface area (Å²) in [6.45, 7) is 6.01. The lowest BCUT2D eigenvalue weighted by Crippen LogP contribution is -2.37. The summed E-state index contributed by atoms with van der Waals surface area (Å²) in [6, 6.07) is 10.4. The summed E-state index contributed by atoms with van der Waals surface area (Å²) in [5.74, 6) is 0. The van der Waals surface area contributed by atoms with E-state index in [4.69, 9.17) is 0 Å². The third-order valence-corrected chi connectivity index (χ3v) is 4.97. The average Bonchev–Trinajstić information content (AvgIpc) is 2.99. The van der Waals surface area contributed by atoms with E-state index in [1.807, 2.05) is 56.8 Å². The Morgan fingerprint density at radius 1 is 1.29 bits per heavy atom. The number of thioether (sulfide) groups is 1. The van der Waals surface area contributed by atoms with Gasteiger partial charge in [0.05, 0.1) is 10.3 Å². The minimum atomic E-state index is -0.716. The van der Waals surface area contributed by atoms with Crippen LogP contribution in [0.4, 0.5) is 0 Å². The molecule has 92 valence electrons. The van der Waals surface area contributed by atoms with E-state index in [1.54, 1.807) is 0 Å². The molecule has 1 saturated carbocycles. The van der Waals surface area contributed by atoms with E-state index in [0.29, 0.717) is 0 Å². The van der Waals surface area contributed by atoms with Crippen molar-refractivity contribution in [2.24, 2.45) is 0 Å². The maximum Gasteiger partial charge on any atom is 0.0951 e. The summed E-state index contributed by atoms with van der Waals surface area (Å²) >= 11 is 1.81. The molecule has 1 N–H and O–H groups in total. The second-order valence-electron chi connectivity index (χ2n) is 5.28. The van der Waals surface area contributed by atoms with Crippen molar-refractivity contribution in [3.05, 3.63) is 42.0 Å². The Morgan fingerprint density at radius 3 is 2.35 bits per heavy atom. The summed E-state index contributed by atoms with van der Waals surface area (Å²) in [5.41, 5.74) is 0.460. The van der Waals surface area contributed by atoms with Crippen LogP contribution in [0.2, 0.25) is 0 Å². The molecular weight excluding hydrogens is 228 g/mol. The molecule has 1 aromatic rings. The second kappa shape index (κ2) is 4.51. The minimum Gasteiger partial charge on any atom is -0.385 e. The first-order valence-electron chi connectivity index (χ1n) is 6.08. The van der Waals surface area contributed by atoms with Gasteiger partial charge < -0.3 is 5.11 Å². The van der Waals surface area contributed by atoms with Crippen LogP contribution in [0.25, 0.3) is 0 Å². The molecule has 1 aromatic carbocycles. The van der Waals surface area contributed by atoms with Crippen LogP contribution in [0.5, 0.6) is 0 Å². The van der Waals surface area contributed by atoms with E-state index in [2.05, 4.69) is 12.1 Å². The number of hydrogen-bond acceptors (Lipinski definition) is 2. The summed E-state index contributed by atoms with van der Waals surface area (Å²) < 4.78 is -0.0222. The lowest BCUT2D eigenvalue weighted by Gasteiger charge is -2.30. The van der Waals surface area contributed by atoms with Crippen molar-refractivity contribution in [3.8, 4) is 0 Å². The van der Waals surface area contributed by atoms with Crippen molar-refractivity contribution >= 4 is 11.8 Å². The molecule has 1 nitrogen and oxygen atoms in total. The van der Waals surface area contributed by atoms with Gasteiger partial charge in [0.25, 0.3) is 0 Å². The number of rotatable bonds is 4. The monoisotopic (exact) mass is 248 g/mol. The van der Waals surface area contributed by atoms with Gasteiger partial charge >= 0.3 is 0 Å². The zero-order valence-corrected chi connectivity index (χ0v) is 11.6. The topological polar surface area (TPSA) is 20.2 Å². The fraction of sp³-hybridized carbons (Fsp3) is 0.467. The van der Waals surface area contributed by atoms with Crippen molar-refractivity contribution < 1.29 is 5.11 Å². The molecular formula is C15H20OS. The first-order valence-corrected chi connectivity index (χ1v) is 6.89. The van der Waals surface area contributed by atoms with Crippen LogP contribution in [0.15, 0.2) is 46.9 Å². The highest BCUT2D eigenvalue weighted by atomic mass is 32.2. The highest BCUT2D eigenvalue weighted by Gasteiger charge is 2.56. The largest absolute Gasteiger partial charge is 0.385 e. The lowest BCUT2D eigenvalue weighted by atomic mass is 9.97. The molecule has 0 unspecified atom stereocenters. The molecule has 0 heterocycles. The van der Waals surface area contributed by atoms with Crippen molar-refractivity contribution in [1.82, 2.24) is 0 Å². The van der Waals surface area contributed by atoms with E-state index < -0.39 is 5.60 Å². The van der Waals surface area contributed by atoms with Gasteiger partial charge in [-0.15, -0.1) is 11.8 Å². The number of hydrogen-bond donors (Lipinski definition) is 1. The number of allylic oxidation sites excluding steroid dienone is 1. The Kier molecular flexibility index (Phi) is 3.37. The Balaban J connectivity index is 2.18. The Labute approximate surface area is 108 Å². The molecule has 2 rings (SSSR count). The molecule has 0 aromatic heterocycles. The fourth-order valence-electron chi connectivity index (χ4n) is 2.23. The van der Waals surface area contributed by atoms with Crippen molar-refractivity contribution in [2.45, 2.75) is 48.9 Å². The Morgan fingerprint density at radius 2 is 1.88 bits per heavy atom. The van der Waals surface area contributed by atoms with Crippen LogP contribution in [0, 0.1) is 0 Å². The first-order chi connectivity index (χ1) is 7.95. The quantitative estimate of drug-likeness (QED) is 0.812. The van der Waals surface area contributed by atoms with Gasteiger partial charge in [-0.25, -0.2) is 0 Å². The summed E-state index contributed by atoms with van der Waals surface area (Å²) in [6.07, 6.45) is 4.17. The zero-order chi connectivity index (χ0) is 12.5. The zero-order valence-electron chi connectivity index (χ0n) is 10.7. The third kappa shape index (κ3) is 2.75. The van der Waals surface area contributed by atoms with Crippen LogP contribution in [0.1, 0.15) is 33.6 Å². The average molecular weight is 248 g/mol. The van der Waals surface area contributed by atoms with Crippen molar-refractivity contribution in [2.75, 3.05) is 0 Å². The van der Waals surface area contributed by atoms with Gasteiger partial charge in [-0.1, -0.05) is 29.8 Å². The highest BCUT2D eigenvalue weighted by Crippen LogP contribution is 2.58. The fourth-order valence-corrected chi connectivity index (χ4v) is 3.55. The Hall–Kier alpha value is -0.730. The molecule has 0 bridgehead atoms. The van der Waals surface area contributed by atoms with E-state index in [0.717, 1.165) is 12.8 Å². The summed E-state index contributed by atoms with van der Waals surface area (Å²) in [7, 11) is 0. The number of benzene rings is 1. The summed E-state index contributed by atoms with van der Waals surface area (Å²) in [5, 5.41) is 10.6. The van der Waals surface area contributed by atoms with Crippen LogP contribution in [-0.2, 0) is 0 Å². The molecule has 2 heteroatoms. The van der Waals surface area contributed by atoms with E-state index >= 15 is 0 Å². The normalized spacial score (nSPS) is 20.5. The van der Waals surface area contributed by atoms with Crippen LogP contribution in [-0.4, -0.2) is 15.5 Å². The van der Waals surface area contributed by atoms with E-state index in [1.165, 1.54) is 10.5 Å². The van der Waals surface area contributed by atoms with Crippen molar-refractivity contribution in [3.63, 3.8) is 0 Å². The van der Waals surface area contributed by atoms with Gasteiger partial charge in [0, 0.05) is 4.90 Å². The van der Waals surface area contributed by atoms with Gasteiger partial charge in [-0.05, 0) is 45.7 Å². The lowest BCUT2D eigenvalue weighted by molar-refractivity contribution is 0.100. The molecule has 1 aliphatic carbocycles. The molecule has 17 heavy (non-hydrogen) atoms. The van der Waals surface area contributed by atoms with Crippen LogP contribution in [0.3, 0.4) is 0 Å². The number of aliphatic hydroxyl groups is 1. The van der Waals surface area contributed by atoms with Crippen LogP contribution < -0.4 is 0 Å². The Bertz CT molecular complexity index is 412. The minimum absolute atomic E-state index is 0.0222. The molecule has 0 amide bonds. The van der Waals surface area contributed by atoms with Crippen LogP contribution >= 0.6 is 11.8 Å². The van der Waals surface area contributed by atoms with Gasteiger partial charge in [-0.2, -0.15) is 0 Å². The maximum absolute atomic E-state index is 10.6. The third-order valence-electron chi connectivity index (χ3n) is 3.25. The molecule has 0 aliphatic heterocycles. The molecule has 1 fully saturated rings. The molecule has 0 radical (unpaired) electrons. The van der Waals surface area contributed by atoms with Gasteiger partial charge in [0.1, 0.15) is 0 Å². The molecule has 0 spiro atoms. The van der Waals surface area contributed by atoms with Gasteiger partial charge in [0.2, 0.25) is 0 Å². The SMILES string of the molecule is CC(C)=C[C@](C)(O)C1(Sc2ccccc2)CC1. The molecule has 1 aliphatic rings. The maximum atomic E-state index is 10.6.